The predicted octanol–water partition coefficient (Wildman–Crippen LogP) is 5.22. The molecule has 0 aliphatic carbocycles. The first-order chi connectivity index (χ1) is 16.4. The van der Waals surface area contributed by atoms with Crippen molar-refractivity contribution < 1.29 is 24.2 Å². The van der Waals surface area contributed by atoms with E-state index in [1.165, 1.54) is 4.90 Å². The van der Waals surface area contributed by atoms with E-state index < -0.39 is 17.7 Å². The molecule has 0 radical (unpaired) electrons. The van der Waals surface area contributed by atoms with E-state index >= 15 is 0 Å². The summed E-state index contributed by atoms with van der Waals surface area (Å²) in [5.74, 6) is -0.408. The van der Waals surface area contributed by atoms with Crippen LogP contribution in [0.4, 0.5) is 5.69 Å². The van der Waals surface area contributed by atoms with Gasteiger partial charge in [0.1, 0.15) is 17.3 Å². The number of Topliss-reactive ketones (excluding diaryl/α,β-unsaturated/α-hetero) is 1. The van der Waals surface area contributed by atoms with E-state index in [0.29, 0.717) is 40.6 Å². The molecule has 0 aromatic heterocycles. The number of halogens is 1. The summed E-state index contributed by atoms with van der Waals surface area (Å²) in [6.45, 7) is 2.43. The average molecular weight is 476 g/mol. The number of ketones is 1. The average Bonchev–Trinajstić information content (AvgIpc) is 3.42. The minimum absolute atomic E-state index is 0.00816. The van der Waals surface area contributed by atoms with Crippen LogP contribution < -0.4 is 14.4 Å². The third-order valence-electron chi connectivity index (χ3n) is 6.25. The van der Waals surface area contributed by atoms with Crippen LogP contribution in [0.25, 0.3) is 5.76 Å². The number of rotatable bonds is 4. The van der Waals surface area contributed by atoms with Gasteiger partial charge in [-0.3, -0.25) is 14.5 Å². The maximum absolute atomic E-state index is 13.3. The van der Waals surface area contributed by atoms with Gasteiger partial charge < -0.3 is 14.6 Å². The number of ether oxygens (including phenoxy) is 2. The highest BCUT2D eigenvalue weighted by molar-refractivity contribution is 6.51. The summed E-state index contributed by atoms with van der Waals surface area (Å²) in [6.07, 6.45) is 0.714. The molecule has 3 aromatic carbocycles. The molecule has 1 unspecified atom stereocenters. The third kappa shape index (κ3) is 3.60. The van der Waals surface area contributed by atoms with Crippen LogP contribution in [-0.2, 0) is 16.0 Å². The number of nitrogens with zero attached hydrogens (tertiary/aromatic N) is 1. The number of aliphatic hydroxyl groups is 1. The van der Waals surface area contributed by atoms with E-state index in [-0.39, 0.29) is 11.3 Å². The second kappa shape index (κ2) is 8.54. The summed E-state index contributed by atoms with van der Waals surface area (Å²) in [7, 11) is 1.54. The monoisotopic (exact) mass is 475 g/mol. The van der Waals surface area contributed by atoms with Crippen molar-refractivity contribution in [2.24, 2.45) is 0 Å². The van der Waals surface area contributed by atoms with Gasteiger partial charge in [0.2, 0.25) is 0 Å². The number of methoxy groups -OCH3 is 1. The molecule has 1 atom stereocenters. The number of aliphatic hydroxyl groups excluding tert-OH is 1. The zero-order valence-corrected chi connectivity index (χ0v) is 19.4. The normalized spacial score (nSPS) is 18.7. The Morgan fingerprint density at radius 1 is 1.12 bits per heavy atom. The largest absolute Gasteiger partial charge is 0.507 e. The number of benzene rings is 3. The molecule has 2 aliphatic rings. The lowest BCUT2D eigenvalue weighted by Gasteiger charge is -2.26. The van der Waals surface area contributed by atoms with Crippen molar-refractivity contribution in [3.63, 3.8) is 0 Å². The Hall–Kier alpha value is -3.77. The summed E-state index contributed by atoms with van der Waals surface area (Å²) in [5, 5.41) is 11.8. The molecular weight excluding hydrogens is 454 g/mol. The number of carbonyl (C=O) groups is 2. The van der Waals surface area contributed by atoms with Crippen molar-refractivity contribution in [3.05, 3.63) is 93.5 Å². The summed E-state index contributed by atoms with van der Waals surface area (Å²) in [4.78, 5) is 28.0. The van der Waals surface area contributed by atoms with Gasteiger partial charge in [0.05, 0.1) is 25.3 Å². The fourth-order valence-electron chi connectivity index (χ4n) is 4.45. The molecule has 1 N–H and O–H groups in total. The van der Waals surface area contributed by atoms with Crippen molar-refractivity contribution in [3.8, 4) is 11.5 Å². The minimum Gasteiger partial charge on any atom is -0.507 e. The smallest absolute Gasteiger partial charge is 0.300 e. The van der Waals surface area contributed by atoms with E-state index in [0.717, 1.165) is 16.9 Å². The number of anilines is 1. The molecule has 5 rings (SSSR count). The minimum atomic E-state index is -0.863. The Morgan fingerprint density at radius 3 is 2.71 bits per heavy atom. The predicted molar refractivity (Wildman–Crippen MR) is 130 cm³/mol. The topological polar surface area (TPSA) is 76.1 Å². The number of aryl methyl sites for hydroxylation is 1. The van der Waals surface area contributed by atoms with E-state index in [9.17, 15) is 14.7 Å². The standard InChI is InChI=1S/C27H22ClNO5/c1-15-6-8-19(14-21(15)28)29-24(17-4-3-5-20(13-17)33-2)23(26(31)27(29)32)25(30)18-7-9-22-16(12-18)10-11-34-22/h3-9,12-14,24,30H,10-11H2,1-2H3/b25-23-. The van der Waals surface area contributed by atoms with Gasteiger partial charge in [-0.15, -0.1) is 0 Å². The Morgan fingerprint density at radius 2 is 1.94 bits per heavy atom. The Kier molecular flexibility index (Phi) is 5.54. The van der Waals surface area contributed by atoms with Crippen LogP contribution in [0.5, 0.6) is 11.5 Å². The van der Waals surface area contributed by atoms with Crippen molar-refractivity contribution in [2.45, 2.75) is 19.4 Å². The molecule has 1 saturated heterocycles. The second-order valence-corrected chi connectivity index (χ2v) is 8.71. The first-order valence-electron chi connectivity index (χ1n) is 10.9. The van der Waals surface area contributed by atoms with Crippen LogP contribution in [0.1, 0.15) is 28.3 Å². The van der Waals surface area contributed by atoms with E-state index in [4.69, 9.17) is 21.1 Å². The van der Waals surface area contributed by atoms with E-state index in [1.807, 2.05) is 6.92 Å². The zero-order valence-electron chi connectivity index (χ0n) is 18.7. The van der Waals surface area contributed by atoms with Gasteiger partial charge in [-0.25, -0.2) is 0 Å². The van der Waals surface area contributed by atoms with Crippen molar-refractivity contribution in [2.75, 3.05) is 18.6 Å². The second-order valence-electron chi connectivity index (χ2n) is 8.30. The van der Waals surface area contributed by atoms with E-state index in [2.05, 4.69) is 0 Å². The van der Waals surface area contributed by atoms with Crippen LogP contribution in [0.2, 0.25) is 5.02 Å². The number of fused-ring (bicyclic) bond motifs is 1. The van der Waals surface area contributed by atoms with Crippen LogP contribution in [0, 0.1) is 6.92 Å². The summed E-state index contributed by atoms with van der Waals surface area (Å²) < 4.78 is 10.9. The van der Waals surface area contributed by atoms with Crippen molar-refractivity contribution in [1.82, 2.24) is 0 Å². The molecule has 34 heavy (non-hydrogen) atoms. The van der Waals surface area contributed by atoms with Crippen LogP contribution in [0.3, 0.4) is 0 Å². The molecule has 2 heterocycles. The first kappa shape index (κ1) is 22.0. The lowest BCUT2D eigenvalue weighted by Crippen LogP contribution is -2.29. The van der Waals surface area contributed by atoms with Gasteiger partial charge in [-0.05, 0) is 66.1 Å². The zero-order chi connectivity index (χ0) is 24.0. The summed E-state index contributed by atoms with van der Waals surface area (Å²) in [5.41, 5.74) is 3.35. The molecule has 172 valence electrons. The SMILES string of the molecule is COc1cccc(C2/C(=C(/O)c3ccc4c(c3)CCO4)C(=O)C(=O)N2c2ccc(C)c(Cl)c2)c1. The molecule has 1 fully saturated rings. The van der Waals surface area contributed by atoms with Crippen LogP contribution in [0.15, 0.2) is 66.2 Å². The maximum atomic E-state index is 13.3. The van der Waals surface area contributed by atoms with Gasteiger partial charge in [-0.1, -0.05) is 29.8 Å². The quantitative estimate of drug-likeness (QED) is 0.318. The van der Waals surface area contributed by atoms with Crippen LogP contribution in [-0.4, -0.2) is 30.5 Å². The highest BCUT2D eigenvalue weighted by Crippen LogP contribution is 2.44. The third-order valence-corrected chi connectivity index (χ3v) is 6.66. The van der Waals surface area contributed by atoms with Gasteiger partial charge >= 0.3 is 0 Å². The summed E-state index contributed by atoms with van der Waals surface area (Å²) in [6, 6.07) is 16.7. The molecule has 0 saturated carbocycles. The van der Waals surface area contributed by atoms with E-state index in [1.54, 1.807) is 67.8 Å². The molecule has 0 bridgehead atoms. The molecule has 6 nitrogen and oxygen atoms in total. The van der Waals surface area contributed by atoms with Crippen LogP contribution >= 0.6 is 11.6 Å². The first-order valence-corrected chi connectivity index (χ1v) is 11.2. The fraction of sp³-hybridized carbons (Fsp3) is 0.185. The molecule has 3 aromatic rings. The number of amides is 1. The molecule has 1 amide bonds. The number of carbonyl (C=O) groups excluding carboxylic acids is 2. The van der Waals surface area contributed by atoms with Crippen molar-refractivity contribution >= 4 is 34.7 Å². The van der Waals surface area contributed by atoms with Gasteiger partial charge in [0.25, 0.3) is 11.7 Å². The van der Waals surface area contributed by atoms with Gasteiger partial charge in [0, 0.05) is 22.7 Å². The molecule has 2 aliphatic heterocycles. The van der Waals surface area contributed by atoms with Crippen molar-refractivity contribution in [1.29, 1.82) is 0 Å². The number of hydrogen-bond donors (Lipinski definition) is 1. The lowest BCUT2D eigenvalue weighted by molar-refractivity contribution is -0.132. The molecule has 7 heteroatoms. The van der Waals surface area contributed by atoms with Gasteiger partial charge in [0.15, 0.2) is 0 Å². The highest BCUT2D eigenvalue weighted by atomic mass is 35.5. The fourth-order valence-corrected chi connectivity index (χ4v) is 4.62. The molecule has 0 spiro atoms. The Labute approximate surface area is 202 Å². The Bertz CT molecular complexity index is 1360. The maximum Gasteiger partial charge on any atom is 0.300 e. The number of hydrogen-bond acceptors (Lipinski definition) is 5. The Balaban J connectivity index is 1.72. The summed E-state index contributed by atoms with van der Waals surface area (Å²) >= 11 is 6.35. The van der Waals surface area contributed by atoms with Gasteiger partial charge in [-0.2, -0.15) is 0 Å². The molecular formula is C27H22ClNO5. The highest BCUT2D eigenvalue weighted by Gasteiger charge is 2.47. The lowest BCUT2D eigenvalue weighted by atomic mass is 9.94.